The summed E-state index contributed by atoms with van der Waals surface area (Å²) in [6.45, 7) is 0.519. The number of aromatic nitrogens is 2. The van der Waals surface area contributed by atoms with Crippen molar-refractivity contribution in [2.45, 2.75) is 38.6 Å². The van der Waals surface area contributed by atoms with E-state index in [0.29, 0.717) is 13.0 Å². The molecule has 1 aliphatic rings. The molecule has 8 heteroatoms. The quantitative estimate of drug-likeness (QED) is 0.507. The molecule has 2 aromatic rings. The second-order valence-corrected chi connectivity index (χ2v) is 7.42. The van der Waals surface area contributed by atoms with E-state index < -0.39 is 17.2 Å². The highest BCUT2D eigenvalue weighted by atomic mass is 16.5. The van der Waals surface area contributed by atoms with Gasteiger partial charge in [-0.1, -0.05) is 42.0 Å². The number of aromatic amines is 1. The molecule has 8 nitrogen and oxygen atoms in total. The van der Waals surface area contributed by atoms with Gasteiger partial charge in [-0.2, -0.15) is 0 Å². The number of allylic oxidation sites excluding steroid dienone is 1. The van der Waals surface area contributed by atoms with Crippen LogP contribution in [-0.4, -0.2) is 35.7 Å². The summed E-state index contributed by atoms with van der Waals surface area (Å²) in [5, 5.41) is 0. The highest BCUT2D eigenvalue weighted by molar-refractivity contribution is 5.77. The van der Waals surface area contributed by atoms with Crippen molar-refractivity contribution in [1.82, 2.24) is 9.55 Å². The first-order valence-corrected chi connectivity index (χ1v) is 10.2. The monoisotopic (exact) mass is 412 g/mol. The lowest BCUT2D eigenvalue weighted by Gasteiger charge is -2.26. The lowest BCUT2D eigenvalue weighted by Crippen LogP contribution is -2.41. The van der Waals surface area contributed by atoms with Crippen LogP contribution in [0.25, 0.3) is 0 Å². The van der Waals surface area contributed by atoms with E-state index in [-0.39, 0.29) is 24.6 Å². The Balaban J connectivity index is 1.95. The van der Waals surface area contributed by atoms with E-state index in [1.165, 1.54) is 23.7 Å². The Labute approximate surface area is 175 Å². The number of H-pyrrole nitrogens is 1. The maximum atomic E-state index is 12.7. The standard InChI is InChI=1S/C22H28N4O4/c1-30-18(27)15-25(13-12-16-8-4-2-5-9-16)19-20(23)26(22(29)24-21(19)28)14-17-10-6-3-7-11-17/h3,6-8,10-11H,2,4-5,9,12-15,23H2,1H3,(H,24,28,29). The number of carbonyl (C=O) groups excluding carboxylic acids is 1. The van der Waals surface area contributed by atoms with E-state index in [1.54, 1.807) is 4.90 Å². The molecule has 0 saturated heterocycles. The number of nitrogen functional groups attached to an aromatic ring is 1. The number of rotatable bonds is 8. The van der Waals surface area contributed by atoms with Crippen LogP contribution < -0.4 is 21.9 Å². The van der Waals surface area contributed by atoms with E-state index in [9.17, 15) is 14.4 Å². The number of methoxy groups -OCH3 is 1. The number of carbonyl (C=O) groups is 1. The first-order chi connectivity index (χ1) is 14.5. The van der Waals surface area contributed by atoms with Gasteiger partial charge in [-0.25, -0.2) is 4.79 Å². The largest absolute Gasteiger partial charge is 0.468 e. The Kier molecular flexibility index (Phi) is 7.11. The third-order valence-corrected chi connectivity index (χ3v) is 5.35. The molecule has 1 aromatic carbocycles. The van der Waals surface area contributed by atoms with Crippen molar-refractivity contribution in [3.8, 4) is 0 Å². The number of anilines is 2. The fourth-order valence-corrected chi connectivity index (χ4v) is 3.71. The van der Waals surface area contributed by atoms with Crippen LogP contribution in [0.1, 0.15) is 37.7 Å². The zero-order valence-corrected chi connectivity index (χ0v) is 17.2. The van der Waals surface area contributed by atoms with Gasteiger partial charge in [-0.05, 0) is 37.7 Å². The molecule has 0 fully saturated rings. The second kappa shape index (κ2) is 9.96. The van der Waals surface area contributed by atoms with Crippen molar-refractivity contribution in [3.63, 3.8) is 0 Å². The fraction of sp³-hybridized carbons (Fsp3) is 0.409. The van der Waals surface area contributed by atoms with Gasteiger partial charge in [0.25, 0.3) is 5.56 Å². The van der Waals surface area contributed by atoms with E-state index in [1.807, 2.05) is 30.3 Å². The number of nitrogens with one attached hydrogen (secondary N) is 1. The lowest BCUT2D eigenvalue weighted by molar-refractivity contribution is -0.138. The molecule has 0 radical (unpaired) electrons. The maximum Gasteiger partial charge on any atom is 0.330 e. The van der Waals surface area contributed by atoms with Crippen LogP contribution in [0.4, 0.5) is 11.5 Å². The number of nitrogens with zero attached hydrogens (tertiary/aromatic N) is 2. The highest BCUT2D eigenvalue weighted by Crippen LogP contribution is 2.23. The number of nitrogens with two attached hydrogens (primary N) is 1. The van der Waals surface area contributed by atoms with Gasteiger partial charge < -0.3 is 15.4 Å². The topological polar surface area (TPSA) is 110 Å². The molecule has 0 atom stereocenters. The second-order valence-electron chi connectivity index (χ2n) is 7.42. The summed E-state index contributed by atoms with van der Waals surface area (Å²) in [6.07, 6.45) is 7.35. The SMILES string of the molecule is COC(=O)CN(CCC1=CCCCC1)c1c(N)n(Cc2ccccc2)c(=O)[nH]c1=O. The zero-order chi connectivity index (χ0) is 21.5. The number of hydrogen-bond acceptors (Lipinski definition) is 6. The summed E-state index contributed by atoms with van der Waals surface area (Å²) < 4.78 is 6.12. The smallest absolute Gasteiger partial charge is 0.330 e. The van der Waals surface area contributed by atoms with Gasteiger partial charge in [0.2, 0.25) is 0 Å². The first-order valence-electron chi connectivity index (χ1n) is 10.2. The number of benzene rings is 1. The van der Waals surface area contributed by atoms with Crippen LogP contribution in [0.3, 0.4) is 0 Å². The molecule has 30 heavy (non-hydrogen) atoms. The van der Waals surface area contributed by atoms with E-state index in [4.69, 9.17) is 10.5 Å². The van der Waals surface area contributed by atoms with Crippen LogP contribution >= 0.6 is 0 Å². The molecule has 160 valence electrons. The molecule has 1 heterocycles. The Hall–Kier alpha value is -3.29. The van der Waals surface area contributed by atoms with Gasteiger partial charge in [-0.15, -0.1) is 0 Å². The van der Waals surface area contributed by atoms with Crippen LogP contribution in [-0.2, 0) is 16.1 Å². The maximum absolute atomic E-state index is 12.7. The Bertz CT molecular complexity index is 1020. The van der Waals surface area contributed by atoms with Gasteiger partial charge in [0.1, 0.15) is 18.1 Å². The van der Waals surface area contributed by atoms with Crippen molar-refractivity contribution in [2.24, 2.45) is 0 Å². The molecule has 0 amide bonds. The Morgan fingerprint density at radius 3 is 2.67 bits per heavy atom. The summed E-state index contributed by atoms with van der Waals surface area (Å²) in [5.41, 5.74) is 7.40. The molecule has 0 unspecified atom stereocenters. The van der Waals surface area contributed by atoms with Gasteiger partial charge in [0.05, 0.1) is 13.7 Å². The highest BCUT2D eigenvalue weighted by Gasteiger charge is 2.22. The molecular weight excluding hydrogens is 384 g/mol. The van der Waals surface area contributed by atoms with E-state index in [2.05, 4.69) is 11.1 Å². The fourth-order valence-electron chi connectivity index (χ4n) is 3.71. The van der Waals surface area contributed by atoms with Crippen molar-refractivity contribution < 1.29 is 9.53 Å². The molecule has 3 rings (SSSR count). The molecule has 0 spiro atoms. The Morgan fingerprint density at radius 2 is 2.00 bits per heavy atom. The number of ether oxygens (including phenoxy) is 1. The van der Waals surface area contributed by atoms with Gasteiger partial charge in [0.15, 0.2) is 0 Å². The van der Waals surface area contributed by atoms with Crippen molar-refractivity contribution >= 4 is 17.5 Å². The van der Waals surface area contributed by atoms with Crippen LogP contribution in [0, 0.1) is 0 Å². The molecule has 1 aromatic heterocycles. The minimum atomic E-state index is -0.608. The van der Waals surface area contributed by atoms with Crippen LogP contribution in [0.5, 0.6) is 0 Å². The van der Waals surface area contributed by atoms with E-state index >= 15 is 0 Å². The molecular formula is C22H28N4O4. The molecule has 0 bridgehead atoms. The number of hydrogen-bond donors (Lipinski definition) is 2. The molecule has 3 N–H and O–H groups in total. The predicted octanol–water partition coefficient (Wildman–Crippen LogP) is 2.04. The Morgan fingerprint density at radius 1 is 1.23 bits per heavy atom. The third kappa shape index (κ3) is 5.20. The van der Waals surface area contributed by atoms with Crippen molar-refractivity contribution in [2.75, 3.05) is 30.8 Å². The van der Waals surface area contributed by atoms with Crippen LogP contribution in [0.15, 0.2) is 51.6 Å². The first kappa shape index (κ1) is 21.4. The summed E-state index contributed by atoms with van der Waals surface area (Å²) in [5.74, 6) is -0.443. The summed E-state index contributed by atoms with van der Waals surface area (Å²) in [4.78, 5) is 41.1. The zero-order valence-electron chi connectivity index (χ0n) is 17.2. The third-order valence-electron chi connectivity index (χ3n) is 5.35. The average molecular weight is 412 g/mol. The predicted molar refractivity (Wildman–Crippen MR) is 117 cm³/mol. The van der Waals surface area contributed by atoms with Gasteiger partial charge >= 0.3 is 11.7 Å². The molecule has 0 saturated carbocycles. The molecule has 0 aliphatic heterocycles. The van der Waals surface area contributed by atoms with Gasteiger partial charge in [0, 0.05) is 6.54 Å². The number of esters is 1. The lowest BCUT2D eigenvalue weighted by atomic mass is 9.97. The minimum absolute atomic E-state index is 0.0362. The van der Waals surface area contributed by atoms with Gasteiger partial charge in [-0.3, -0.25) is 19.1 Å². The summed E-state index contributed by atoms with van der Waals surface area (Å²) in [7, 11) is 1.30. The van der Waals surface area contributed by atoms with Crippen molar-refractivity contribution in [3.05, 3.63) is 68.4 Å². The minimum Gasteiger partial charge on any atom is -0.468 e. The average Bonchev–Trinajstić information content (AvgIpc) is 2.76. The molecule has 1 aliphatic carbocycles. The van der Waals surface area contributed by atoms with E-state index in [0.717, 1.165) is 24.8 Å². The summed E-state index contributed by atoms with van der Waals surface area (Å²) in [6, 6.07) is 9.36. The normalized spacial score (nSPS) is 13.6. The summed E-state index contributed by atoms with van der Waals surface area (Å²) >= 11 is 0. The van der Waals surface area contributed by atoms with Crippen LogP contribution in [0.2, 0.25) is 0 Å². The van der Waals surface area contributed by atoms with Crippen molar-refractivity contribution in [1.29, 1.82) is 0 Å².